The van der Waals surface area contributed by atoms with E-state index in [1.807, 2.05) is 31.2 Å². The molecule has 1 rings (SSSR count). The van der Waals surface area contributed by atoms with E-state index in [-0.39, 0.29) is 0 Å². The van der Waals surface area contributed by atoms with Crippen molar-refractivity contribution in [3.8, 4) is 0 Å². The van der Waals surface area contributed by atoms with E-state index < -0.39 is 8.38 Å². The van der Waals surface area contributed by atoms with Gasteiger partial charge in [0, 0.05) is 12.4 Å². The van der Waals surface area contributed by atoms with Crippen LogP contribution in [0.15, 0.2) is 24.3 Å². The molecular weight excluding hydrogens is 159 g/mol. The molecule has 3 heteroatoms. The van der Waals surface area contributed by atoms with Crippen molar-refractivity contribution in [1.29, 1.82) is 0 Å². The predicted molar refractivity (Wildman–Crippen MR) is 47.0 cm³/mol. The minimum absolute atomic E-state index is 0.863. The van der Waals surface area contributed by atoms with E-state index in [0.29, 0.717) is 0 Å². The van der Waals surface area contributed by atoms with Crippen LogP contribution in [0.25, 0.3) is 0 Å². The number of hydrogen-bond donors (Lipinski definition) is 1. The average molecular weight is 170 g/mol. The number of benzene rings is 1. The lowest BCUT2D eigenvalue weighted by Crippen LogP contribution is -2.00. The third-order valence-electron chi connectivity index (χ3n) is 1.40. The van der Waals surface area contributed by atoms with Gasteiger partial charge in [-0.15, -0.1) is 0 Å². The average Bonchev–Trinajstić information content (AvgIpc) is 2.03. The summed E-state index contributed by atoms with van der Waals surface area (Å²) in [6.07, 6.45) is 0. The van der Waals surface area contributed by atoms with Crippen molar-refractivity contribution in [2.45, 2.75) is 6.92 Å². The minimum atomic E-state index is -1.39. The molecule has 1 aromatic rings. The molecule has 11 heavy (non-hydrogen) atoms. The fourth-order valence-corrected chi connectivity index (χ4v) is 1.59. The van der Waals surface area contributed by atoms with Gasteiger partial charge in [-0.25, -0.2) is 0 Å². The zero-order chi connectivity index (χ0) is 8.27. The summed E-state index contributed by atoms with van der Waals surface area (Å²) in [5.74, 6) is 0. The van der Waals surface area contributed by atoms with Gasteiger partial charge in [-0.1, -0.05) is 17.7 Å². The van der Waals surface area contributed by atoms with Crippen molar-refractivity contribution in [3.05, 3.63) is 29.8 Å². The van der Waals surface area contributed by atoms with Gasteiger partial charge < -0.3 is 9.42 Å². The Morgan fingerprint density at radius 3 is 2.73 bits per heavy atom. The highest BCUT2D eigenvalue weighted by atomic mass is 31.2. The largest absolute Gasteiger partial charge is 0.346 e. The van der Waals surface area contributed by atoms with E-state index in [9.17, 15) is 4.89 Å². The number of hydrogen-bond acceptors (Lipinski definition) is 2. The lowest BCUT2D eigenvalue weighted by Gasteiger charge is -2.06. The lowest BCUT2D eigenvalue weighted by atomic mass is 10.2. The quantitative estimate of drug-likeness (QED) is 0.682. The molecule has 0 saturated carbocycles. The van der Waals surface area contributed by atoms with Crippen LogP contribution in [0.4, 0.5) is 0 Å². The highest BCUT2D eigenvalue weighted by Crippen LogP contribution is 2.28. The van der Waals surface area contributed by atoms with Gasteiger partial charge in [-0.2, -0.15) is 0 Å². The maximum atomic E-state index is 9.30. The van der Waals surface area contributed by atoms with Gasteiger partial charge >= 0.3 is 0 Å². The molecule has 1 N–H and O–H groups in total. The molecule has 0 fully saturated rings. The SMILES string of the molecule is COP(O)c1cccc(C)c1. The Balaban J connectivity index is 2.86. The summed E-state index contributed by atoms with van der Waals surface area (Å²) in [4.78, 5) is 9.30. The first-order valence-electron chi connectivity index (χ1n) is 3.34. The van der Waals surface area contributed by atoms with Crippen molar-refractivity contribution < 1.29 is 9.42 Å². The van der Waals surface area contributed by atoms with Crippen LogP contribution in [-0.4, -0.2) is 12.0 Å². The van der Waals surface area contributed by atoms with E-state index in [1.165, 1.54) is 7.11 Å². The van der Waals surface area contributed by atoms with E-state index in [2.05, 4.69) is 0 Å². The van der Waals surface area contributed by atoms with Crippen LogP contribution in [0.2, 0.25) is 0 Å². The Labute approximate surface area is 67.7 Å². The highest BCUT2D eigenvalue weighted by Gasteiger charge is 2.04. The molecule has 0 radical (unpaired) electrons. The first-order chi connectivity index (χ1) is 5.24. The minimum Gasteiger partial charge on any atom is -0.346 e. The fraction of sp³-hybridized carbons (Fsp3) is 0.250. The first-order valence-corrected chi connectivity index (χ1v) is 4.55. The van der Waals surface area contributed by atoms with Crippen molar-refractivity contribution in [2.75, 3.05) is 7.11 Å². The molecule has 1 atom stereocenters. The van der Waals surface area contributed by atoms with Gasteiger partial charge in [0.15, 0.2) is 0 Å². The van der Waals surface area contributed by atoms with E-state index in [0.717, 1.165) is 10.9 Å². The molecule has 0 saturated heterocycles. The summed E-state index contributed by atoms with van der Waals surface area (Å²) >= 11 is 0. The van der Waals surface area contributed by atoms with Crippen LogP contribution >= 0.6 is 8.38 Å². The summed E-state index contributed by atoms with van der Waals surface area (Å²) in [5, 5.41) is 0.863. The molecule has 0 spiro atoms. The van der Waals surface area contributed by atoms with Crippen LogP contribution in [0.1, 0.15) is 5.56 Å². The lowest BCUT2D eigenvalue weighted by molar-refractivity contribution is 0.400. The van der Waals surface area contributed by atoms with Crippen molar-refractivity contribution in [3.63, 3.8) is 0 Å². The topological polar surface area (TPSA) is 29.5 Å². The molecular formula is C8H11O2P. The molecule has 0 heterocycles. The second-order valence-electron chi connectivity index (χ2n) is 2.29. The normalized spacial score (nSPS) is 13.0. The van der Waals surface area contributed by atoms with Gasteiger partial charge in [-0.3, -0.25) is 0 Å². The fourth-order valence-electron chi connectivity index (χ4n) is 0.852. The summed E-state index contributed by atoms with van der Waals surface area (Å²) < 4.78 is 4.81. The monoisotopic (exact) mass is 170 g/mol. The Morgan fingerprint density at radius 2 is 2.18 bits per heavy atom. The van der Waals surface area contributed by atoms with Crippen LogP contribution in [0.5, 0.6) is 0 Å². The summed E-state index contributed by atoms with van der Waals surface area (Å²) in [7, 11) is 0.118. The second-order valence-corrected chi connectivity index (χ2v) is 3.72. The molecule has 0 amide bonds. The summed E-state index contributed by atoms with van der Waals surface area (Å²) in [6.45, 7) is 1.99. The summed E-state index contributed by atoms with van der Waals surface area (Å²) in [5.41, 5.74) is 1.14. The van der Waals surface area contributed by atoms with Crippen LogP contribution in [0.3, 0.4) is 0 Å². The van der Waals surface area contributed by atoms with E-state index in [4.69, 9.17) is 4.52 Å². The molecule has 0 bridgehead atoms. The van der Waals surface area contributed by atoms with Crippen LogP contribution < -0.4 is 5.30 Å². The summed E-state index contributed by atoms with van der Waals surface area (Å²) in [6, 6.07) is 7.69. The number of rotatable bonds is 2. The Hall–Kier alpha value is -0.430. The molecule has 1 aromatic carbocycles. The van der Waals surface area contributed by atoms with Gasteiger partial charge in [0.1, 0.15) is 0 Å². The first kappa shape index (κ1) is 8.66. The molecule has 1 unspecified atom stereocenters. The molecule has 60 valence electrons. The molecule has 0 aliphatic carbocycles. The maximum Gasteiger partial charge on any atom is 0.202 e. The number of aryl methyl sites for hydroxylation is 1. The van der Waals surface area contributed by atoms with Crippen molar-refractivity contribution in [2.24, 2.45) is 0 Å². The highest BCUT2D eigenvalue weighted by molar-refractivity contribution is 7.54. The van der Waals surface area contributed by atoms with Gasteiger partial charge in [0.25, 0.3) is 0 Å². The second kappa shape index (κ2) is 3.82. The van der Waals surface area contributed by atoms with E-state index >= 15 is 0 Å². The molecule has 2 nitrogen and oxygen atoms in total. The van der Waals surface area contributed by atoms with E-state index in [1.54, 1.807) is 0 Å². The Bertz CT molecular complexity index is 237. The van der Waals surface area contributed by atoms with Crippen LogP contribution in [0, 0.1) is 6.92 Å². The zero-order valence-electron chi connectivity index (χ0n) is 6.61. The van der Waals surface area contributed by atoms with Gasteiger partial charge in [0.05, 0.1) is 0 Å². The standard InChI is InChI=1S/C8H11O2P/c1-7-4-3-5-8(6-7)11(9)10-2/h3-6,9H,1-2H3. The molecule has 0 aliphatic rings. The maximum absolute atomic E-state index is 9.30. The van der Waals surface area contributed by atoms with Crippen LogP contribution in [-0.2, 0) is 4.52 Å². The van der Waals surface area contributed by atoms with Gasteiger partial charge in [-0.05, 0) is 19.1 Å². The zero-order valence-corrected chi connectivity index (χ0v) is 7.51. The molecule has 0 aliphatic heterocycles. The smallest absolute Gasteiger partial charge is 0.202 e. The van der Waals surface area contributed by atoms with Crippen molar-refractivity contribution >= 4 is 13.7 Å². The third-order valence-corrected chi connectivity index (χ3v) is 2.46. The Kier molecular flexibility index (Phi) is 3.01. The van der Waals surface area contributed by atoms with Gasteiger partial charge in [0.2, 0.25) is 8.38 Å². The van der Waals surface area contributed by atoms with Crippen molar-refractivity contribution in [1.82, 2.24) is 0 Å². The predicted octanol–water partition coefficient (Wildman–Crippen LogP) is 1.57. The third kappa shape index (κ3) is 2.26. The molecule has 0 aromatic heterocycles. The Morgan fingerprint density at radius 1 is 1.45 bits per heavy atom.